The predicted molar refractivity (Wildman–Crippen MR) is 78.9 cm³/mol. The van der Waals surface area contributed by atoms with E-state index in [-0.39, 0.29) is 5.75 Å². The van der Waals surface area contributed by atoms with E-state index in [4.69, 9.17) is 0 Å². The molecule has 1 heterocycles. The second kappa shape index (κ2) is 5.28. The largest absolute Gasteiger partial charge is 0.505 e. The Balaban J connectivity index is 1.86. The molecule has 4 nitrogen and oxygen atoms in total. The van der Waals surface area contributed by atoms with Crippen LogP contribution in [0.25, 0.3) is 11.3 Å². The fourth-order valence-electron chi connectivity index (χ4n) is 2.00. The van der Waals surface area contributed by atoms with Crippen molar-refractivity contribution in [1.82, 2.24) is 10.2 Å². The minimum atomic E-state index is -0.661. The molecule has 1 radical (unpaired) electrons. The average Bonchev–Trinajstić information content (AvgIpc) is 2.93. The zero-order chi connectivity index (χ0) is 14.8. The molecule has 0 saturated carbocycles. The molecule has 21 heavy (non-hydrogen) atoms. The Morgan fingerprint density at radius 2 is 2.14 bits per heavy atom. The zero-order valence-electron chi connectivity index (χ0n) is 11.3. The fraction of sp³-hybridized carbons (Fsp3) is 0.0625. The summed E-state index contributed by atoms with van der Waals surface area (Å²) in [7, 11) is 0. The summed E-state index contributed by atoms with van der Waals surface area (Å²) in [5.41, 5.74) is 3.27. The lowest BCUT2D eigenvalue weighted by Crippen LogP contribution is -1.92. The number of aromatic hydroxyl groups is 1. The zero-order valence-corrected chi connectivity index (χ0v) is 11.3. The minimum Gasteiger partial charge on any atom is -0.505 e. The van der Waals surface area contributed by atoms with Gasteiger partial charge in [-0.15, -0.1) is 0 Å². The van der Waals surface area contributed by atoms with Gasteiger partial charge in [0.05, 0.1) is 5.69 Å². The summed E-state index contributed by atoms with van der Waals surface area (Å²) in [5, 5.41) is 19.4. The van der Waals surface area contributed by atoms with Crippen LogP contribution in [-0.2, 0) is 0 Å². The molecule has 105 valence electrons. The molecule has 5 heteroatoms. The Hall–Kier alpha value is -2.82. The first-order valence-electron chi connectivity index (χ1n) is 6.41. The Labute approximate surface area is 121 Å². The molecule has 0 unspecified atom stereocenters. The van der Waals surface area contributed by atoms with Crippen LogP contribution in [0.15, 0.2) is 42.5 Å². The maximum absolute atomic E-state index is 13.4. The molecule has 0 bridgehead atoms. The van der Waals surface area contributed by atoms with Crippen molar-refractivity contribution in [3.05, 3.63) is 59.9 Å². The highest BCUT2D eigenvalue weighted by molar-refractivity contribution is 5.67. The van der Waals surface area contributed by atoms with Crippen LogP contribution < -0.4 is 5.32 Å². The van der Waals surface area contributed by atoms with Gasteiger partial charge < -0.3 is 10.4 Å². The van der Waals surface area contributed by atoms with Gasteiger partial charge in [-0.2, -0.15) is 5.10 Å². The van der Waals surface area contributed by atoms with Crippen LogP contribution in [0.2, 0.25) is 0 Å². The number of rotatable bonds is 3. The van der Waals surface area contributed by atoms with E-state index in [0.717, 1.165) is 11.3 Å². The molecule has 1 aromatic heterocycles. The minimum absolute atomic E-state index is 0.368. The number of hydrogen-bond donors (Lipinski definition) is 3. The highest BCUT2D eigenvalue weighted by Crippen LogP contribution is 2.26. The van der Waals surface area contributed by atoms with Crippen molar-refractivity contribution in [3.63, 3.8) is 0 Å². The van der Waals surface area contributed by atoms with Crippen molar-refractivity contribution in [1.29, 1.82) is 0 Å². The molecule has 0 aliphatic rings. The first kappa shape index (κ1) is 13.2. The third-order valence-electron chi connectivity index (χ3n) is 3.17. The Morgan fingerprint density at radius 1 is 1.29 bits per heavy atom. The molecule has 0 fully saturated rings. The molecule has 0 spiro atoms. The van der Waals surface area contributed by atoms with Gasteiger partial charge in [-0.3, -0.25) is 5.10 Å². The number of benzene rings is 2. The Bertz CT molecular complexity index is 783. The van der Waals surface area contributed by atoms with Gasteiger partial charge in [0.2, 0.25) is 0 Å². The van der Waals surface area contributed by atoms with Crippen LogP contribution in [0, 0.1) is 18.8 Å². The molecule has 0 aliphatic carbocycles. The quantitative estimate of drug-likeness (QED) is 0.685. The number of halogens is 1. The third-order valence-corrected chi connectivity index (χ3v) is 3.17. The smallest absolute Gasteiger partial charge is 0.165 e. The topological polar surface area (TPSA) is 60.9 Å². The maximum Gasteiger partial charge on any atom is 0.165 e. The Kier molecular flexibility index (Phi) is 3.31. The van der Waals surface area contributed by atoms with Gasteiger partial charge in [0, 0.05) is 17.3 Å². The van der Waals surface area contributed by atoms with E-state index in [1.807, 2.05) is 25.1 Å². The molecule has 3 rings (SSSR count). The monoisotopic (exact) mass is 282 g/mol. The van der Waals surface area contributed by atoms with Crippen LogP contribution in [0.3, 0.4) is 0 Å². The number of aromatic amines is 1. The van der Waals surface area contributed by atoms with Crippen molar-refractivity contribution in [2.75, 3.05) is 5.32 Å². The summed E-state index contributed by atoms with van der Waals surface area (Å²) in [5.74, 6) is -0.397. The van der Waals surface area contributed by atoms with Gasteiger partial charge in [-0.05, 0) is 48.9 Å². The number of anilines is 2. The van der Waals surface area contributed by atoms with E-state index in [1.54, 1.807) is 12.1 Å². The molecule has 0 atom stereocenters. The van der Waals surface area contributed by atoms with Gasteiger partial charge in [0.15, 0.2) is 17.4 Å². The number of aryl methyl sites for hydroxylation is 1. The lowest BCUT2D eigenvalue weighted by atomic mass is 10.1. The highest BCUT2D eigenvalue weighted by Gasteiger charge is 2.08. The molecule has 3 aromatic rings. The third kappa shape index (κ3) is 2.72. The number of hydrogen-bond acceptors (Lipinski definition) is 3. The summed E-state index contributed by atoms with van der Waals surface area (Å²) in [6.07, 6.45) is 0. The number of nitrogens with one attached hydrogen (secondary N) is 2. The summed E-state index contributed by atoms with van der Waals surface area (Å²) >= 11 is 0. The SMILES string of the molecule is Cc1c[c]ccc1Nc1cc(-c2ccc(O)c(F)c2)[nH]n1. The van der Waals surface area contributed by atoms with Gasteiger partial charge in [-0.25, -0.2) is 4.39 Å². The maximum atomic E-state index is 13.4. The number of aromatic nitrogens is 2. The predicted octanol–water partition coefficient (Wildman–Crippen LogP) is 3.77. The van der Waals surface area contributed by atoms with Gasteiger partial charge >= 0.3 is 0 Å². The summed E-state index contributed by atoms with van der Waals surface area (Å²) < 4.78 is 13.4. The molecular formula is C16H13FN3O. The lowest BCUT2D eigenvalue weighted by molar-refractivity contribution is 0.432. The van der Waals surface area contributed by atoms with Crippen molar-refractivity contribution in [3.8, 4) is 17.0 Å². The number of nitrogens with zero attached hydrogens (tertiary/aromatic N) is 1. The fourth-order valence-corrected chi connectivity index (χ4v) is 2.00. The summed E-state index contributed by atoms with van der Waals surface area (Å²) in [4.78, 5) is 0. The van der Waals surface area contributed by atoms with Crippen LogP contribution in [0.1, 0.15) is 5.56 Å². The number of phenols is 1. The molecular weight excluding hydrogens is 269 g/mol. The van der Waals surface area contributed by atoms with E-state index in [0.29, 0.717) is 17.1 Å². The van der Waals surface area contributed by atoms with Crippen LogP contribution in [0.5, 0.6) is 5.75 Å². The van der Waals surface area contributed by atoms with Crippen molar-refractivity contribution in [2.45, 2.75) is 6.92 Å². The van der Waals surface area contributed by atoms with Gasteiger partial charge in [0.25, 0.3) is 0 Å². The van der Waals surface area contributed by atoms with E-state index in [2.05, 4.69) is 21.6 Å². The van der Waals surface area contributed by atoms with Crippen molar-refractivity contribution >= 4 is 11.5 Å². The summed E-state index contributed by atoms with van der Waals surface area (Å²) in [6, 6.07) is 14.6. The first-order chi connectivity index (χ1) is 10.1. The molecule has 2 aromatic carbocycles. The lowest BCUT2D eigenvalue weighted by Gasteiger charge is -2.05. The first-order valence-corrected chi connectivity index (χ1v) is 6.41. The average molecular weight is 282 g/mol. The molecule has 3 N–H and O–H groups in total. The highest BCUT2D eigenvalue weighted by atomic mass is 19.1. The normalized spacial score (nSPS) is 10.6. The second-order valence-corrected chi connectivity index (χ2v) is 4.70. The van der Waals surface area contributed by atoms with E-state index in [1.165, 1.54) is 12.1 Å². The van der Waals surface area contributed by atoms with E-state index >= 15 is 0 Å². The van der Waals surface area contributed by atoms with E-state index < -0.39 is 5.82 Å². The van der Waals surface area contributed by atoms with Crippen LogP contribution >= 0.6 is 0 Å². The standard InChI is InChI=1S/C16H13FN3O/c1-10-4-2-3-5-13(10)18-16-9-14(19-20-16)11-6-7-15(21)12(17)8-11/h3-9,21H,1H3,(H2,18,19,20). The molecule has 0 aliphatic heterocycles. The molecule has 0 amide bonds. The van der Waals surface area contributed by atoms with Crippen LogP contribution in [0.4, 0.5) is 15.9 Å². The van der Waals surface area contributed by atoms with Gasteiger partial charge in [-0.1, -0.05) is 6.07 Å². The van der Waals surface area contributed by atoms with Gasteiger partial charge in [0.1, 0.15) is 0 Å². The van der Waals surface area contributed by atoms with Crippen LogP contribution in [-0.4, -0.2) is 15.3 Å². The number of H-pyrrole nitrogens is 1. The number of phenolic OH excluding ortho intramolecular Hbond substituents is 1. The van der Waals surface area contributed by atoms with Crippen molar-refractivity contribution < 1.29 is 9.50 Å². The summed E-state index contributed by atoms with van der Waals surface area (Å²) in [6.45, 7) is 1.97. The second-order valence-electron chi connectivity index (χ2n) is 4.70. The van der Waals surface area contributed by atoms with E-state index in [9.17, 15) is 9.50 Å². The molecule has 0 saturated heterocycles. The Morgan fingerprint density at radius 3 is 2.90 bits per heavy atom. The van der Waals surface area contributed by atoms with Crippen molar-refractivity contribution in [2.24, 2.45) is 0 Å².